The number of anilines is 1. The zero-order chi connectivity index (χ0) is 12.4. The molecule has 0 saturated heterocycles. The molecule has 0 aliphatic carbocycles. The minimum Gasteiger partial charge on any atom is -0.467 e. The molecule has 2 nitrogen and oxygen atoms in total. The lowest BCUT2D eigenvalue weighted by Crippen LogP contribution is -2.00. The van der Waals surface area contributed by atoms with Gasteiger partial charge in [0.15, 0.2) is 0 Å². The van der Waals surface area contributed by atoms with Gasteiger partial charge in [0, 0.05) is 0 Å². The summed E-state index contributed by atoms with van der Waals surface area (Å²) in [6.45, 7) is 2.54. The third kappa shape index (κ3) is 2.89. The van der Waals surface area contributed by atoms with Crippen molar-refractivity contribution >= 4 is 40.5 Å². The first-order valence-corrected chi connectivity index (χ1v) is 6.12. The Morgan fingerprint density at radius 1 is 1.12 bits per heavy atom. The summed E-state index contributed by atoms with van der Waals surface area (Å²) in [6.07, 6.45) is 1.66. The minimum atomic E-state index is 0.441. The SMILES string of the molecule is Cc1ccoc1CNc1cc(Cl)c(Cl)cc1Cl. The number of hydrogen-bond donors (Lipinski definition) is 1. The third-order valence-electron chi connectivity index (χ3n) is 2.42. The Kier molecular flexibility index (Phi) is 3.87. The van der Waals surface area contributed by atoms with E-state index in [-0.39, 0.29) is 0 Å². The van der Waals surface area contributed by atoms with Crippen LogP contribution in [0, 0.1) is 6.92 Å². The van der Waals surface area contributed by atoms with Gasteiger partial charge in [0.2, 0.25) is 0 Å². The van der Waals surface area contributed by atoms with E-state index in [4.69, 9.17) is 39.2 Å². The molecule has 0 fully saturated rings. The molecule has 0 atom stereocenters. The zero-order valence-corrected chi connectivity index (χ0v) is 11.3. The first kappa shape index (κ1) is 12.6. The monoisotopic (exact) mass is 289 g/mol. The second-order valence-corrected chi connectivity index (χ2v) is 4.85. The number of hydrogen-bond acceptors (Lipinski definition) is 2. The van der Waals surface area contributed by atoms with Crippen molar-refractivity contribution in [1.82, 2.24) is 0 Å². The highest BCUT2D eigenvalue weighted by molar-refractivity contribution is 6.44. The van der Waals surface area contributed by atoms with Gasteiger partial charge in [0.1, 0.15) is 5.76 Å². The van der Waals surface area contributed by atoms with Gasteiger partial charge in [-0.3, -0.25) is 0 Å². The molecule has 0 amide bonds. The summed E-state index contributed by atoms with van der Waals surface area (Å²) in [5.41, 5.74) is 1.82. The standard InChI is InChI=1S/C12H10Cl3NO/c1-7-2-3-17-12(7)6-16-11-5-9(14)8(13)4-10(11)15/h2-5,16H,6H2,1H3. The van der Waals surface area contributed by atoms with Crippen LogP contribution in [-0.2, 0) is 6.54 Å². The van der Waals surface area contributed by atoms with Crippen LogP contribution in [0.4, 0.5) is 5.69 Å². The maximum absolute atomic E-state index is 6.05. The van der Waals surface area contributed by atoms with Gasteiger partial charge in [-0.25, -0.2) is 0 Å². The first-order chi connectivity index (χ1) is 8.08. The van der Waals surface area contributed by atoms with E-state index in [1.807, 2.05) is 13.0 Å². The van der Waals surface area contributed by atoms with E-state index >= 15 is 0 Å². The normalized spacial score (nSPS) is 10.6. The number of rotatable bonds is 3. The molecule has 1 aromatic carbocycles. The van der Waals surface area contributed by atoms with Crippen molar-refractivity contribution in [3.05, 3.63) is 50.9 Å². The summed E-state index contributed by atoms with van der Waals surface area (Å²) in [5.74, 6) is 0.868. The highest BCUT2D eigenvalue weighted by Gasteiger charge is 2.07. The van der Waals surface area contributed by atoms with Crippen LogP contribution in [0.5, 0.6) is 0 Å². The molecule has 17 heavy (non-hydrogen) atoms. The highest BCUT2D eigenvalue weighted by Crippen LogP contribution is 2.32. The van der Waals surface area contributed by atoms with E-state index in [2.05, 4.69) is 5.32 Å². The van der Waals surface area contributed by atoms with Crippen molar-refractivity contribution < 1.29 is 4.42 Å². The molecule has 0 aliphatic heterocycles. The summed E-state index contributed by atoms with van der Waals surface area (Å²) in [5, 5.41) is 4.60. The quantitative estimate of drug-likeness (QED) is 0.790. The van der Waals surface area contributed by atoms with E-state index < -0.39 is 0 Å². The Bertz CT molecular complexity index is 537. The summed E-state index contributed by atoms with van der Waals surface area (Å²) >= 11 is 17.8. The Balaban J connectivity index is 2.14. The van der Waals surface area contributed by atoms with Gasteiger partial charge in [-0.1, -0.05) is 34.8 Å². The molecule has 2 aromatic rings. The molecular weight excluding hydrogens is 280 g/mol. The van der Waals surface area contributed by atoms with E-state index in [1.165, 1.54) is 0 Å². The van der Waals surface area contributed by atoms with Gasteiger partial charge in [-0.2, -0.15) is 0 Å². The molecule has 0 unspecified atom stereocenters. The van der Waals surface area contributed by atoms with Crippen molar-refractivity contribution in [2.45, 2.75) is 13.5 Å². The number of benzene rings is 1. The molecule has 1 heterocycles. The topological polar surface area (TPSA) is 25.2 Å². The summed E-state index contributed by atoms with van der Waals surface area (Å²) in [4.78, 5) is 0. The van der Waals surface area contributed by atoms with Crippen LogP contribution in [0.3, 0.4) is 0 Å². The van der Waals surface area contributed by atoms with Crippen molar-refractivity contribution in [1.29, 1.82) is 0 Å². The van der Waals surface area contributed by atoms with Crippen LogP contribution in [-0.4, -0.2) is 0 Å². The van der Waals surface area contributed by atoms with E-state index in [1.54, 1.807) is 18.4 Å². The van der Waals surface area contributed by atoms with Crippen LogP contribution in [0.25, 0.3) is 0 Å². The lowest BCUT2D eigenvalue weighted by atomic mass is 10.2. The molecule has 1 N–H and O–H groups in total. The highest BCUT2D eigenvalue weighted by atomic mass is 35.5. The molecule has 0 saturated carbocycles. The molecule has 90 valence electrons. The van der Waals surface area contributed by atoms with E-state index in [0.29, 0.717) is 21.6 Å². The number of nitrogens with one attached hydrogen (secondary N) is 1. The molecular formula is C12H10Cl3NO. The van der Waals surface area contributed by atoms with Gasteiger partial charge >= 0.3 is 0 Å². The fourth-order valence-corrected chi connectivity index (χ4v) is 2.03. The Morgan fingerprint density at radius 3 is 2.47 bits per heavy atom. The van der Waals surface area contributed by atoms with Crippen LogP contribution < -0.4 is 5.32 Å². The number of furan rings is 1. The maximum Gasteiger partial charge on any atom is 0.125 e. The molecule has 1 aromatic heterocycles. The fourth-order valence-electron chi connectivity index (χ4n) is 1.42. The lowest BCUT2D eigenvalue weighted by Gasteiger charge is -2.09. The fraction of sp³-hybridized carbons (Fsp3) is 0.167. The average Bonchev–Trinajstić information content (AvgIpc) is 2.68. The smallest absolute Gasteiger partial charge is 0.125 e. The predicted molar refractivity (Wildman–Crippen MR) is 72.2 cm³/mol. The second-order valence-electron chi connectivity index (χ2n) is 3.63. The van der Waals surface area contributed by atoms with Crippen molar-refractivity contribution in [2.75, 3.05) is 5.32 Å². The van der Waals surface area contributed by atoms with Gasteiger partial charge in [0.05, 0.1) is 33.6 Å². The maximum atomic E-state index is 6.05. The Labute approximate surface area is 114 Å². The van der Waals surface area contributed by atoms with Crippen molar-refractivity contribution in [3.8, 4) is 0 Å². The lowest BCUT2D eigenvalue weighted by molar-refractivity contribution is 0.515. The van der Waals surface area contributed by atoms with Gasteiger partial charge < -0.3 is 9.73 Å². The van der Waals surface area contributed by atoms with Crippen LogP contribution >= 0.6 is 34.8 Å². The summed E-state index contributed by atoms with van der Waals surface area (Å²) < 4.78 is 5.32. The minimum absolute atomic E-state index is 0.441. The zero-order valence-electron chi connectivity index (χ0n) is 9.06. The number of halogens is 3. The van der Waals surface area contributed by atoms with Crippen LogP contribution in [0.1, 0.15) is 11.3 Å². The largest absolute Gasteiger partial charge is 0.467 e. The average molecular weight is 291 g/mol. The van der Waals surface area contributed by atoms with Gasteiger partial charge in [0.25, 0.3) is 0 Å². The molecule has 2 rings (SSSR count). The van der Waals surface area contributed by atoms with Crippen LogP contribution in [0.2, 0.25) is 15.1 Å². The Morgan fingerprint density at radius 2 is 1.82 bits per heavy atom. The number of aryl methyl sites for hydroxylation is 1. The second kappa shape index (κ2) is 5.21. The van der Waals surface area contributed by atoms with Crippen molar-refractivity contribution in [2.24, 2.45) is 0 Å². The van der Waals surface area contributed by atoms with Crippen molar-refractivity contribution in [3.63, 3.8) is 0 Å². The van der Waals surface area contributed by atoms with E-state index in [0.717, 1.165) is 17.0 Å². The molecule has 0 aliphatic rings. The molecule has 0 spiro atoms. The molecule has 0 bridgehead atoms. The molecule has 5 heteroatoms. The summed E-state index contributed by atoms with van der Waals surface area (Å²) in [6, 6.07) is 5.22. The third-order valence-corrected chi connectivity index (χ3v) is 3.45. The Hall–Kier alpha value is -0.830. The van der Waals surface area contributed by atoms with Gasteiger partial charge in [-0.05, 0) is 30.7 Å². The van der Waals surface area contributed by atoms with E-state index in [9.17, 15) is 0 Å². The predicted octanol–water partition coefficient (Wildman–Crippen LogP) is 5.16. The molecule has 0 radical (unpaired) electrons. The summed E-state index contributed by atoms with van der Waals surface area (Å²) in [7, 11) is 0. The van der Waals surface area contributed by atoms with Crippen LogP contribution in [0.15, 0.2) is 28.9 Å². The van der Waals surface area contributed by atoms with Gasteiger partial charge in [-0.15, -0.1) is 0 Å². The first-order valence-electron chi connectivity index (χ1n) is 4.99.